The zero-order valence-corrected chi connectivity index (χ0v) is 17.9. The quantitative estimate of drug-likeness (QED) is 0.501. The Morgan fingerprint density at radius 3 is 2.67 bits per heavy atom. The molecule has 1 saturated heterocycles. The van der Waals surface area contributed by atoms with Crippen LogP contribution in [0.4, 0.5) is 0 Å². The molecule has 9 heteroatoms. The number of aliphatic hydroxyl groups excluding tert-OH is 3. The van der Waals surface area contributed by atoms with Gasteiger partial charge in [0.05, 0.1) is 24.7 Å². The zero-order valence-electron chi connectivity index (χ0n) is 17.9. The molecule has 2 aromatic carbocycles. The Morgan fingerprint density at radius 2 is 1.85 bits per heavy atom. The first kappa shape index (κ1) is 20.5. The number of aryl methyl sites for hydroxylation is 2. The minimum atomic E-state index is -1.41. The number of methoxy groups -OCH3 is 1. The largest absolute Gasteiger partial charge is 0.493 e. The molecule has 3 aliphatic heterocycles. The summed E-state index contributed by atoms with van der Waals surface area (Å²) in [5.41, 5.74) is 3.34. The Kier molecular flexibility index (Phi) is 4.81. The molecule has 0 amide bonds. The van der Waals surface area contributed by atoms with E-state index >= 15 is 0 Å². The minimum absolute atomic E-state index is 0.146. The van der Waals surface area contributed by atoms with Crippen LogP contribution in [0.25, 0.3) is 22.0 Å². The summed E-state index contributed by atoms with van der Waals surface area (Å²) in [7, 11) is 1.54. The topological polar surface area (TPSA) is 111 Å². The maximum Gasteiger partial charge on any atom is 0.231 e. The highest BCUT2D eigenvalue weighted by Crippen LogP contribution is 2.42. The second kappa shape index (κ2) is 7.74. The lowest BCUT2D eigenvalue weighted by atomic mass is 9.95. The first-order chi connectivity index (χ1) is 16.0. The molecule has 4 heterocycles. The summed E-state index contributed by atoms with van der Waals surface area (Å²) < 4.78 is 30.3. The monoisotopic (exact) mass is 454 g/mol. The number of aromatic nitrogens is 1. The first-order valence-corrected chi connectivity index (χ1v) is 10.8. The fraction of sp³-hybridized carbons (Fsp3) is 0.375. The highest BCUT2D eigenvalue weighted by Gasteiger charge is 2.40. The fourth-order valence-electron chi connectivity index (χ4n) is 4.68. The lowest BCUT2D eigenvalue weighted by Gasteiger charge is -2.35. The highest BCUT2D eigenvalue weighted by atomic mass is 16.7. The average Bonchev–Trinajstić information content (AvgIpc) is 3.29. The van der Waals surface area contributed by atoms with Crippen LogP contribution in [-0.2, 0) is 17.7 Å². The summed E-state index contributed by atoms with van der Waals surface area (Å²) in [4.78, 5) is 0. The van der Waals surface area contributed by atoms with E-state index in [0.29, 0.717) is 11.5 Å². The molecule has 3 aromatic rings. The molecular formula is C24H24NO8+. The zero-order chi connectivity index (χ0) is 22.7. The van der Waals surface area contributed by atoms with E-state index < -0.39 is 24.6 Å². The predicted octanol–water partition coefficient (Wildman–Crippen LogP) is 0.905. The Balaban J connectivity index is 1.44. The van der Waals surface area contributed by atoms with Gasteiger partial charge in [-0.15, -0.1) is 0 Å². The van der Waals surface area contributed by atoms with Gasteiger partial charge in [-0.3, -0.25) is 0 Å². The van der Waals surface area contributed by atoms with Gasteiger partial charge in [-0.05, 0) is 35.2 Å². The van der Waals surface area contributed by atoms with E-state index in [1.807, 2.05) is 18.3 Å². The smallest absolute Gasteiger partial charge is 0.231 e. The van der Waals surface area contributed by atoms with Crippen LogP contribution in [0.3, 0.4) is 0 Å². The minimum Gasteiger partial charge on any atom is -0.493 e. The molecule has 0 aliphatic carbocycles. The van der Waals surface area contributed by atoms with Crippen molar-refractivity contribution in [2.24, 2.45) is 0 Å². The molecule has 9 nitrogen and oxygen atoms in total. The van der Waals surface area contributed by atoms with Gasteiger partial charge in [-0.25, -0.2) is 0 Å². The van der Waals surface area contributed by atoms with Crippen LogP contribution in [0.5, 0.6) is 23.0 Å². The van der Waals surface area contributed by atoms with Gasteiger partial charge in [0, 0.05) is 12.5 Å². The van der Waals surface area contributed by atoms with Crippen LogP contribution in [0.2, 0.25) is 0 Å². The molecule has 6 rings (SSSR count). The molecule has 33 heavy (non-hydrogen) atoms. The van der Waals surface area contributed by atoms with Crippen LogP contribution >= 0.6 is 0 Å². The Morgan fingerprint density at radius 1 is 1.03 bits per heavy atom. The van der Waals surface area contributed by atoms with E-state index in [9.17, 15) is 15.3 Å². The lowest BCUT2D eigenvalue weighted by molar-refractivity contribution is -0.686. The molecule has 0 saturated carbocycles. The number of benzene rings is 2. The van der Waals surface area contributed by atoms with Gasteiger partial charge in [-0.1, -0.05) is 0 Å². The van der Waals surface area contributed by atoms with Crippen molar-refractivity contribution in [1.82, 2.24) is 0 Å². The first-order valence-electron chi connectivity index (χ1n) is 10.8. The molecule has 0 bridgehead atoms. The molecular weight excluding hydrogens is 430 g/mol. The number of hydrogen-bond acceptors (Lipinski definition) is 8. The summed E-state index contributed by atoms with van der Waals surface area (Å²) in [6, 6.07) is 9.89. The highest BCUT2D eigenvalue weighted by molar-refractivity contribution is 5.91. The summed E-state index contributed by atoms with van der Waals surface area (Å²) >= 11 is 0. The normalized spacial score (nSPS) is 25.5. The van der Waals surface area contributed by atoms with Crippen molar-refractivity contribution in [3.8, 4) is 34.3 Å². The molecule has 1 fully saturated rings. The van der Waals surface area contributed by atoms with Gasteiger partial charge in [0.25, 0.3) is 0 Å². The molecule has 172 valence electrons. The van der Waals surface area contributed by atoms with E-state index in [0.717, 1.165) is 46.5 Å². The van der Waals surface area contributed by atoms with Crippen molar-refractivity contribution >= 4 is 10.8 Å². The molecule has 1 unspecified atom stereocenters. The van der Waals surface area contributed by atoms with Gasteiger partial charge in [0.2, 0.25) is 18.8 Å². The van der Waals surface area contributed by atoms with Crippen molar-refractivity contribution in [1.29, 1.82) is 0 Å². The molecule has 1 aromatic heterocycles. The predicted molar refractivity (Wildman–Crippen MR) is 114 cm³/mol. The van der Waals surface area contributed by atoms with Crippen molar-refractivity contribution in [3.05, 3.63) is 42.1 Å². The number of aliphatic hydroxyl groups is 3. The van der Waals surface area contributed by atoms with Gasteiger partial charge < -0.3 is 39.0 Å². The molecule has 3 aliphatic rings. The average molecular weight is 454 g/mol. The SMILES string of the molecule is COc1ccc2cc3[n+](cc2c1OC1OC[C@@H](O)[C@@H](O)[C@@H]1O)CCc1cc2c(cc1-3)OCO2. The van der Waals surface area contributed by atoms with E-state index in [-0.39, 0.29) is 13.4 Å². The van der Waals surface area contributed by atoms with Crippen molar-refractivity contribution < 1.29 is 43.6 Å². The van der Waals surface area contributed by atoms with Crippen molar-refractivity contribution in [2.75, 3.05) is 20.5 Å². The third kappa shape index (κ3) is 3.27. The van der Waals surface area contributed by atoms with Crippen LogP contribution in [-0.4, -0.2) is 60.4 Å². The lowest BCUT2D eigenvalue weighted by Crippen LogP contribution is -2.54. The maximum atomic E-state index is 10.4. The van der Waals surface area contributed by atoms with E-state index in [1.54, 1.807) is 6.07 Å². The van der Waals surface area contributed by atoms with Crippen LogP contribution < -0.4 is 23.5 Å². The standard InChI is InChI=1S/C24H24NO8/c1-29-18-3-2-12-6-16-14-8-20-19(31-11-32-20)7-13(14)4-5-25(16)9-15(12)23(18)33-24-22(28)21(27)17(26)10-30-24/h2-3,6-9,17,21-22,24,26-28H,4-5,10-11H2,1H3/q+1/t17-,21-,22+,24?/m1/s1. The van der Waals surface area contributed by atoms with Crippen molar-refractivity contribution in [3.63, 3.8) is 0 Å². The number of nitrogens with zero attached hydrogens (tertiary/aromatic N) is 1. The summed E-state index contributed by atoms with van der Waals surface area (Å²) in [6.45, 7) is 0.853. The van der Waals surface area contributed by atoms with Gasteiger partial charge >= 0.3 is 0 Å². The summed E-state index contributed by atoms with van der Waals surface area (Å²) in [6.07, 6.45) is -2.26. The van der Waals surface area contributed by atoms with Gasteiger partial charge in [0.1, 0.15) is 18.3 Å². The Bertz CT molecular complexity index is 1250. The van der Waals surface area contributed by atoms with Gasteiger partial charge in [0.15, 0.2) is 35.7 Å². The van der Waals surface area contributed by atoms with E-state index in [2.05, 4.69) is 16.7 Å². The Labute approximate surface area is 189 Å². The number of ether oxygens (including phenoxy) is 5. The van der Waals surface area contributed by atoms with Crippen LogP contribution in [0.15, 0.2) is 36.5 Å². The molecule has 0 radical (unpaired) electrons. The number of hydrogen-bond donors (Lipinski definition) is 3. The Hall–Kier alpha value is -3.11. The van der Waals surface area contributed by atoms with E-state index in [4.69, 9.17) is 23.7 Å². The summed E-state index contributed by atoms with van der Waals surface area (Å²) in [5.74, 6) is 2.39. The van der Waals surface area contributed by atoms with E-state index in [1.165, 1.54) is 12.7 Å². The van der Waals surface area contributed by atoms with Crippen LogP contribution in [0.1, 0.15) is 5.56 Å². The molecule has 3 N–H and O–H groups in total. The number of pyridine rings is 1. The summed E-state index contributed by atoms with van der Waals surface area (Å²) in [5, 5.41) is 31.8. The van der Waals surface area contributed by atoms with Crippen molar-refractivity contribution in [2.45, 2.75) is 37.6 Å². The number of rotatable bonds is 3. The third-order valence-electron chi connectivity index (χ3n) is 6.48. The maximum absolute atomic E-state index is 10.4. The van der Waals surface area contributed by atoms with Gasteiger partial charge in [-0.2, -0.15) is 4.57 Å². The second-order valence-corrected chi connectivity index (χ2v) is 8.43. The third-order valence-corrected chi connectivity index (χ3v) is 6.48. The molecule has 4 atom stereocenters. The molecule has 0 spiro atoms. The second-order valence-electron chi connectivity index (χ2n) is 8.43. The fourth-order valence-corrected chi connectivity index (χ4v) is 4.68. The number of fused-ring (bicyclic) bond motifs is 5. The van der Waals surface area contributed by atoms with Crippen LogP contribution in [0, 0.1) is 0 Å².